The molecule has 5 heteroatoms. The van der Waals surface area contributed by atoms with Crippen molar-refractivity contribution in [3.8, 4) is 0 Å². The SMILES string of the molecule is C=C(c1cc(CC)ccc1NC(=O)C(C)(C)C)C(F)(F)F. The van der Waals surface area contributed by atoms with Gasteiger partial charge in [0.05, 0.1) is 5.57 Å². The fourth-order valence-electron chi connectivity index (χ4n) is 1.63. The van der Waals surface area contributed by atoms with Crippen LogP contribution in [-0.4, -0.2) is 12.1 Å². The van der Waals surface area contributed by atoms with Crippen LogP contribution in [0.15, 0.2) is 24.8 Å². The Morgan fingerprint density at radius 1 is 1.24 bits per heavy atom. The van der Waals surface area contributed by atoms with Gasteiger partial charge in [-0.1, -0.05) is 40.3 Å². The lowest BCUT2D eigenvalue weighted by atomic mass is 9.94. The molecule has 0 fully saturated rings. The van der Waals surface area contributed by atoms with Gasteiger partial charge in [0.15, 0.2) is 0 Å². The number of rotatable bonds is 3. The third-order valence-corrected chi connectivity index (χ3v) is 3.09. The van der Waals surface area contributed by atoms with E-state index >= 15 is 0 Å². The number of halogens is 3. The largest absolute Gasteiger partial charge is 0.416 e. The number of benzene rings is 1. The smallest absolute Gasteiger partial charge is 0.325 e. The summed E-state index contributed by atoms with van der Waals surface area (Å²) in [5.41, 5.74) is -0.847. The van der Waals surface area contributed by atoms with Gasteiger partial charge in [0, 0.05) is 16.7 Å². The molecule has 0 saturated heterocycles. The van der Waals surface area contributed by atoms with Crippen molar-refractivity contribution >= 4 is 17.2 Å². The van der Waals surface area contributed by atoms with Gasteiger partial charge in [0.25, 0.3) is 0 Å². The monoisotopic (exact) mass is 299 g/mol. The summed E-state index contributed by atoms with van der Waals surface area (Å²) in [5, 5.41) is 2.56. The summed E-state index contributed by atoms with van der Waals surface area (Å²) >= 11 is 0. The number of carbonyl (C=O) groups is 1. The van der Waals surface area contributed by atoms with Crippen LogP contribution in [0.5, 0.6) is 0 Å². The van der Waals surface area contributed by atoms with Gasteiger partial charge < -0.3 is 5.32 Å². The van der Waals surface area contributed by atoms with Gasteiger partial charge in [-0.3, -0.25) is 4.79 Å². The maximum absolute atomic E-state index is 12.9. The van der Waals surface area contributed by atoms with Crippen molar-refractivity contribution < 1.29 is 18.0 Å². The quantitative estimate of drug-likeness (QED) is 0.852. The molecule has 0 aliphatic heterocycles. The van der Waals surface area contributed by atoms with Crippen LogP contribution < -0.4 is 5.32 Å². The minimum atomic E-state index is -4.53. The molecule has 0 aliphatic rings. The van der Waals surface area contributed by atoms with E-state index in [2.05, 4.69) is 11.9 Å². The third kappa shape index (κ3) is 4.34. The van der Waals surface area contributed by atoms with Crippen LogP contribution in [0.25, 0.3) is 5.57 Å². The molecule has 0 spiro atoms. The highest BCUT2D eigenvalue weighted by Gasteiger charge is 2.34. The standard InChI is InChI=1S/C16H20F3NO/c1-6-11-7-8-13(20-14(21)15(3,4)5)12(9-11)10(2)16(17,18)19/h7-9H,2,6H2,1,3-5H3,(H,20,21). The van der Waals surface area contributed by atoms with Gasteiger partial charge in [0.1, 0.15) is 0 Å². The first-order valence-corrected chi connectivity index (χ1v) is 6.67. The number of nitrogens with one attached hydrogen (secondary N) is 1. The maximum Gasteiger partial charge on any atom is 0.416 e. The Labute approximate surface area is 123 Å². The molecule has 1 amide bonds. The first-order chi connectivity index (χ1) is 9.46. The number of anilines is 1. The van der Waals surface area contributed by atoms with Crippen LogP contribution in [0, 0.1) is 5.41 Å². The predicted octanol–water partition coefficient (Wildman–Crippen LogP) is 4.81. The molecule has 1 aromatic rings. The molecule has 0 aromatic heterocycles. The average molecular weight is 299 g/mol. The van der Waals surface area contributed by atoms with Crippen LogP contribution in [-0.2, 0) is 11.2 Å². The highest BCUT2D eigenvalue weighted by molar-refractivity contribution is 5.97. The van der Waals surface area contributed by atoms with Crippen LogP contribution in [0.1, 0.15) is 38.8 Å². The lowest BCUT2D eigenvalue weighted by Gasteiger charge is -2.21. The second-order valence-electron chi connectivity index (χ2n) is 5.91. The molecule has 0 heterocycles. The summed E-state index contributed by atoms with van der Waals surface area (Å²) in [6.07, 6.45) is -3.93. The molecule has 0 unspecified atom stereocenters. The van der Waals surface area contributed by atoms with E-state index in [1.165, 1.54) is 12.1 Å². The first-order valence-electron chi connectivity index (χ1n) is 6.67. The Balaban J connectivity index is 3.27. The van der Waals surface area contributed by atoms with E-state index in [4.69, 9.17) is 0 Å². The average Bonchev–Trinajstić information content (AvgIpc) is 2.36. The summed E-state index contributed by atoms with van der Waals surface area (Å²) in [6.45, 7) is 10.1. The van der Waals surface area contributed by atoms with E-state index in [0.717, 1.165) is 5.56 Å². The number of allylic oxidation sites excluding steroid dienone is 1. The number of aryl methyl sites for hydroxylation is 1. The van der Waals surface area contributed by atoms with Crippen LogP contribution >= 0.6 is 0 Å². The Morgan fingerprint density at radius 2 is 1.81 bits per heavy atom. The Hall–Kier alpha value is -1.78. The molecule has 0 bridgehead atoms. The first kappa shape index (κ1) is 17.3. The summed E-state index contributed by atoms with van der Waals surface area (Å²) in [4.78, 5) is 12.0. The maximum atomic E-state index is 12.9. The van der Waals surface area contributed by atoms with Crippen molar-refractivity contribution in [3.05, 3.63) is 35.9 Å². The summed E-state index contributed by atoms with van der Waals surface area (Å²) < 4.78 is 38.7. The van der Waals surface area contributed by atoms with Crippen LogP contribution in [0.4, 0.5) is 18.9 Å². The van der Waals surface area contributed by atoms with E-state index in [9.17, 15) is 18.0 Å². The molecule has 116 valence electrons. The topological polar surface area (TPSA) is 29.1 Å². The van der Waals surface area contributed by atoms with Crippen molar-refractivity contribution in [2.45, 2.75) is 40.3 Å². The van der Waals surface area contributed by atoms with Gasteiger partial charge in [-0.2, -0.15) is 13.2 Å². The Morgan fingerprint density at radius 3 is 2.24 bits per heavy atom. The highest BCUT2D eigenvalue weighted by Crippen LogP contribution is 2.37. The molecule has 0 atom stereocenters. The fourth-order valence-corrected chi connectivity index (χ4v) is 1.63. The Bertz CT molecular complexity index is 554. The molecule has 0 radical (unpaired) electrons. The van der Waals surface area contributed by atoms with E-state index in [-0.39, 0.29) is 17.2 Å². The number of carbonyl (C=O) groups excluding carboxylic acids is 1. The zero-order valence-electron chi connectivity index (χ0n) is 12.7. The minimum absolute atomic E-state index is 0.0838. The summed E-state index contributed by atoms with van der Waals surface area (Å²) in [7, 11) is 0. The predicted molar refractivity (Wildman–Crippen MR) is 79.0 cm³/mol. The van der Waals surface area contributed by atoms with Gasteiger partial charge in [0.2, 0.25) is 5.91 Å². The number of hydrogen-bond donors (Lipinski definition) is 1. The molecular weight excluding hydrogens is 279 g/mol. The second-order valence-corrected chi connectivity index (χ2v) is 5.91. The molecular formula is C16H20F3NO. The van der Waals surface area contributed by atoms with Gasteiger partial charge in [-0.05, 0) is 24.1 Å². The molecule has 21 heavy (non-hydrogen) atoms. The highest BCUT2D eigenvalue weighted by atomic mass is 19.4. The molecule has 0 aliphatic carbocycles. The minimum Gasteiger partial charge on any atom is -0.325 e. The van der Waals surface area contributed by atoms with Crippen molar-refractivity contribution in [1.29, 1.82) is 0 Å². The van der Waals surface area contributed by atoms with Gasteiger partial charge in [-0.25, -0.2) is 0 Å². The second kappa shape index (κ2) is 5.92. The van der Waals surface area contributed by atoms with Crippen LogP contribution in [0.3, 0.4) is 0 Å². The lowest BCUT2D eigenvalue weighted by molar-refractivity contribution is -0.123. The molecule has 1 N–H and O–H groups in total. The summed E-state index contributed by atoms with van der Waals surface area (Å²) in [6, 6.07) is 4.62. The lowest BCUT2D eigenvalue weighted by Crippen LogP contribution is -2.28. The van der Waals surface area contributed by atoms with E-state index in [0.29, 0.717) is 6.42 Å². The zero-order chi connectivity index (χ0) is 16.4. The fraction of sp³-hybridized carbons (Fsp3) is 0.438. The van der Waals surface area contributed by atoms with Crippen molar-refractivity contribution in [2.75, 3.05) is 5.32 Å². The van der Waals surface area contributed by atoms with E-state index < -0.39 is 17.2 Å². The molecule has 1 aromatic carbocycles. The van der Waals surface area contributed by atoms with Crippen LogP contribution in [0.2, 0.25) is 0 Å². The van der Waals surface area contributed by atoms with Crippen molar-refractivity contribution in [1.82, 2.24) is 0 Å². The molecule has 0 saturated carbocycles. The summed E-state index contributed by atoms with van der Waals surface area (Å²) in [5.74, 6) is -0.344. The molecule has 1 rings (SSSR count). The van der Waals surface area contributed by atoms with Gasteiger partial charge >= 0.3 is 6.18 Å². The normalized spacial score (nSPS) is 12.1. The number of amides is 1. The Kier molecular flexibility index (Phi) is 4.87. The molecule has 2 nitrogen and oxygen atoms in total. The van der Waals surface area contributed by atoms with Crippen molar-refractivity contribution in [2.24, 2.45) is 5.41 Å². The van der Waals surface area contributed by atoms with Gasteiger partial charge in [-0.15, -0.1) is 0 Å². The number of alkyl halides is 3. The van der Waals surface area contributed by atoms with E-state index in [1.54, 1.807) is 26.8 Å². The van der Waals surface area contributed by atoms with Crippen molar-refractivity contribution in [3.63, 3.8) is 0 Å². The third-order valence-electron chi connectivity index (χ3n) is 3.09. The zero-order valence-corrected chi connectivity index (χ0v) is 12.7. The van der Waals surface area contributed by atoms with E-state index in [1.807, 2.05) is 6.92 Å². The number of hydrogen-bond acceptors (Lipinski definition) is 1.